The number of nitrogens with one attached hydrogen (secondary N) is 3. The first-order valence-electron chi connectivity index (χ1n) is 9.24. The Labute approximate surface area is 186 Å². The molecule has 0 aliphatic carbocycles. The van der Waals surface area contributed by atoms with Crippen LogP contribution in [0.3, 0.4) is 0 Å². The fraction of sp³-hybridized carbons (Fsp3) is 0.600. The van der Waals surface area contributed by atoms with Crippen molar-refractivity contribution in [3.05, 3.63) is 29.8 Å². The number of hydrogen-bond donors (Lipinski definition) is 3. The molecule has 28 heavy (non-hydrogen) atoms. The molecule has 0 heterocycles. The van der Waals surface area contributed by atoms with Gasteiger partial charge in [-0.1, -0.05) is 32.9 Å². The number of guanidine groups is 1. The van der Waals surface area contributed by atoms with Gasteiger partial charge in [-0.05, 0) is 30.0 Å². The van der Waals surface area contributed by atoms with Crippen LogP contribution in [-0.2, 0) is 16.1 Å². The molecule has 3 N–H and O–H groups in total. The van der Waals surface area contributed by atoms with Crippen molar-refractivity contribution in [3.63, 3.8) is 0 Å². The highest BCUT2D eigenvalue weighted by molar-refractivity contribution is 14.0. The Bertz CT molecular complexity index is 600. The van der Waals surface area contributed by atoms with E-state index in [1.807, 2.05) is 31.2 Å². The van der Waals surface area contributed by atoms with Gasteiger partial charge >= 0.3 is 0 Å². The second kappa shape index (κ2) is 13.6. The van der Waals surface area contributed by atoms with Gasteiger partial charge in [0.2, 0.25) is 5.91 Å². The van der Waals surface area contributed by atoms with Crippen molar-refractivity contribution < 1.29 is 14.3 Å². The molecule has 1 atom stereocenters. The van der Waals surface area contributed by atoms with Crippen molar-refractivity contribution >= 4 is 35.8 Å². The van der Waals surface area contributed by atoms with Gasteiger partial charge in [-0.15, -0.1) is 24.0 Å². The third-order valence-electron chi connectivity index (χ3n) is 4.08. The van der Waals surface area contributed by atoms with Gasteiger partial charge in [-0.2, -0.15) is 0 Å². The number of rotatable bonds is 9. The quantitative estimate of drug-likeness (QED) is 0.273. The number of ether oxygens (including phenoxy) is 2. The van der Waals surface area contributed by atoms with E-state index in [2.05, 4.69) is 41.7 Å². The number of carbonyl (C=O) groups excluding carboxylic acids is 1. The summed E-state index contributed by atoms with van der Waals surface area (Å²) in [5.74, 6) is 1.26. The molecule has 0 bridgehead atoms. The van der Waals surface area contributed by atoms with Gasteiger partial charge in [-0.25, -0.2) is 4.99 Å². The van der Waals surface area contributed by atoms with Gasteiger partial charge in [0, 0.05) is 26.7 Å². The molecule has 0 fully saturated rings. The molecule has 1 aromatic rings. The molecule has 1 amide bonds. The van der Waals surface area contributed by atoms with E-state index >= 15 is 0 Å². The lowest BCUT2D eigenvalue weighted by Crippen LogP contribution is -2.45. The average molecular weight is 506 g/mol. The zero-order valence-electron chi connectivity index (χ0n) is 17.8. The van der Waals surface area contributed by atoms with Gasteiger partial charge in [0.15, 0.2) is 5.96 Å². The Morgan fingerprint density at radius 2 is 1.75 bits per heavy atom. The van der Waals surface area contributed by atoms with Crippen LogP contribution in [0.5, 0.6) is 5.75 Å². The summed E-state index contributed by atoms with van der Waals surface area (Å²) in [5.41, 5.74) is 1.01. The van der Waals surface area contributed by atoms with Crippen LogP contribution in [0.25, 0.3) is 0 Å². The van der Waals surface area contributed by atoms with Crippen molar-refractivity contribution in [2.45, 2.75) is 40.3 Å². The molecule has 1 unspecified atom stereocenters. The largest absolute Gasteiger partial charge is 0.497 e. The van der Waals surface area contributed by atoms with Crippen molar-refractivity contribution in [2.24, 2.45) is 10.4 Å². The molecule has 0 radical (unpaired) electrons. The minimum atomic E-state index is -0.137. The zero-order chi connectivity index (χ0) is 20.3. The summed E-state index contributed by atoms with van der Waals surface area (Å²) >= 11 is 0. The van der Waals surface area contributed by atoms with E-state index in [-0.39, 0.29) is 47.9 Å². The molecule has 0 saturated heterocycles. The first kappa shape index (κ1) is 26.4. The van der Waals surface area contributed by atoms with Gasteiger partial charge in [0.1, 0.15) is 12.3 Å². The minimum absolute atomic E-state index is 0. The molecule has 0 aliphatic rings. The number of amides is 1. The zero-order valence-corrected chi connectivity index (χ0v) is 20.1. The highest BCUT2D eigenvalue weighted by Crippen LogP contribution is 2.20. The van der Waals surface area contributed by atoms with Crippen molar-refractivity contribution in [1.29, 1.82) is 0 Å². The number of halogens is 1. The van der Waals surface area contributed by atoms with E-state index in [4.69, 9.17) is 9.47 Å². The van der Waals surface area contributed by atoms with Crippen molar-refractivity contribution in [3.8, 4) is 5.75 Å². The number of hydrogen-bond acceptors (Lipinski definition) is 4. The summed E-state index contributed by atoms with van der Waals surface area (Å²) in [6.07, 6.45) is 0.0326. The van der Waals surface area contributed by atoms with Crippen LogP contribution in [0.15, 0.2) is 29.3 Å². The molecule has 160 valence electrons. The Morgan fingerprint density at radius 3 is 2.25 bits per heavy atom. The lowest BCUT2D eigenvalue weighted by atomic mass is 9.89. The fourth-order valence-corrected chi connectivity index (χ4v) is 2.42. The fourth-order valence-electron chi connectivity index (χ4n) is 2.42. The number of carbonyl (C=O) groups is 1. The Hall–Kier alpha value is -1.55. The van der Waals surface area contributed by atoms with Crippen LogP contribution in [0.4, 0.5) is 0 Å². The molecular formula is C20H35IN4O3. The van der Waals surface area contributed by atoms with Crippen LogP contribution in [-0.4, -0.2) is 51.8 Å². The molecular weight excluding hydrogens is 471 g/mol. The van der Waals surface area contributed by atoms with E-state index in [0.29, 0.717) is 25.6 Å². The van der Waals surface area contributed by atoms with Crippen LogP contribution in [0, 0.1) is 5.41 Å². The molecule has 0 aromatic heterocycles. The average Bonchev–Trinajstić information content (AvgIpc) is 2.64. The minimum Gasteiger partial charge on any atom is -0.497 e. The van der Waals surface area contributed by atoms with Crippen LogP contribution in [0.1, 0.15) is 33.3 Å². The van der Waals surface area contributed by atoms with Gasteiger partial charge < -0.3 is 25.4 Å². The molecule has 0 saturated carbocycles. The highest BCUT2D eigenvalue weighted by atomic mass is 127. The standard InChI is InChI=1S/C20H34N4O3.HI/c1-7-21-19(23-13-17(27-6)20(2,3)4)24-14-18(25)22-12-15-8-10-16(26-5)11-9-15;/h8-11,17H,7,12-14H2,1-6H3,(H,22,25)(H2,21,23,24);1H. The number of nitrogens with zero attached hydrogens (tertiary/aromatic N) is 1. The number of aliphatic imine (C=N–C) groups is 1. The van der Waals surface area contributed by atoms with E-state index in [1.54, 1.807) is 14.2 Å². The third kappa shape index (κ3) is 10.1. The predicted molar refractivity (Wildman–Crippen MR) is 124 cm³/mol. The van der Waals surface area contributed by atoms with E-state index in [9.17, 15) is 4.79 Å². The second-order valence-electron chi connectivity index (χ2n) is 7.29. The molecule has 7 nitrogen and oxygen atoms in total. The normalized spacial score (nSPS) is 12.6. The lowest BCUT2D eigenvalue weighted by molar-refractivity contribution is -0.119. The summed E-state index contributed by atoms with van der Waals surface area (Å²) in [6, 6.07) is 7.58. The van der Waals surface area contributed by atoms with Crippen molar-refractivity contribution in [2.75, 3.05) is 33.9 Å². The number of benzene rings is 1. The molecule has 0 spiro atoms. The van der Waals surface area contributed by atoms with E-state index in [1.165, 1.54) is 0 Å². The molecule has 1 rings (SSSR count). The molecule has 8 heteroatoms. The maximum atomic E-state index is 12.1. The Balaban J connectivity index is 0.00000729. The topological polar surface area (TPSA) is 84.0 Å². The Kier molecular flexibility index (Phi) is 12.8. The lowest BCUT2D eigenvalue weighted by Gasteiger charge is -2.30. The van der Waals surface area contributed by atoms with E-state index in [0.717, 1.165) is 11.3 Å². The van der Waals surface area contributed by atoms with Crippen LogP contribution in [0.2, 0.25) is 0 Å². The van der Waals surface area contributed by atoms with Gasteiger partial charge in [0.05, 0.1) is 13.2 Å². The SMILES string of the molecule is CCNC(=NCC(=O)NCc1ccc(OC)cc1)NCC(OC)C(C)(C)C.I. The van der Waals surface area contributed by atoms with E-state index < -0.39 is 0 Å². The monoisotopic (exact) mass is 506 g/mol. The molecule has 1 aromatic carbocycles. The highest BCUT2D eigenvalue weighted by Gasteiger charge is 2.24. The smallest absolute Gasteiger partial charge is 0.242 e. The first-order valence-corrected chi connectivity index (χ1v) is 9.24. The summed E-state index contributed by atoms with van der Waals surface area (Å²) in [6.45, 7) is 10.2. The second-order valence-corrected chi connectivity index (χ2v) is 7.29. The number of methoxy groups -OCH3 is 2. The van der Waals surface area contributed by atoms with Crippen LogP contribution < -0.4 is 20.7 Å². The van der Waals surface area contributed by atoms with Crippen LogP contribution >= 0.6 is 24.0 Å². The summed E-state index contributed by atoms with van der Waals surface area (Å²) in [4.78, 5) is 16.4. The maximum absolute atomic E-state index is 12.1. The first-order chi connectivity index (χ1) is 12.8. The third-order valence-corrected chi connectivity index (χ3v) is 4.08. The summed E-state index contributed by atoms with van der Waals surface area (Å²) in [5, 5.41) is 9.25. The van der Waals surface area contributed by atoms with Gasteiger partial charge in [-0.3, -0.25) is 4.79 Å². The molecule has 0 aliphatic heterocycles. The van der Waals surface area contributed by atoms with Crippen molar-refractivity contribution in [1.82, 2.24) is 16.0 Å². The maximum Gasteiger partial charge on any atom is 0.242 e. The van der Waals surface area contributed by atoms with Gasteiger partial charge in [0.25, 0.3) is 0 Å². The Morgan fingerprint density at radius 1 is 1.11 bits per heavy atom. The predicted octanol–water partition coefficient (Wildman–Crippen LogP) is 2.55. The summed E-state index contributed by atoms with van der Waals surface area (Å²) < 4.78 is 10.7. The summed E-state index contributed by atoms with van der Waals surface area (Å²) in [7, 11) is 3.33.